The first-order valence-electron chi connectivity index (χ1n) is 5.69. The second-order valence-electron chi connectivity index (χ2n) is 4.23. The van der Waals surface area contributed by atoms with Crippen LogP contribution in [0.4, 0.5) is 0 Å². The van der Waals surface area contributed by atoms with E-state index in [0.29, 0.717) is 4.47 Å². The van der Waals surface area contributed by atoms with Gasteiger partial charge in [0, 0.05) is 20.4 Å². The molecule has 20 heavy (non-hydrogen) atoms. The van der Waals surface area contributed by atoms with Gasteiger partial charge in [-0.05, 0) is 48.0 Å². The molecule has 1 N–H and O–H groups in total. The number of rotatable bonds is 4. The number of nitrogens with one attached hydrogen (secondary N) is 1. The summed E-state index contributed by atoms with van der Waals surface area (Å²) in [5.74, 6) is 0. The van der Waals surface area contributed by atoms with Gasteiger partial charge in [-0.3, -0.25) is 0 Å². The van der Waals surface area contributed by atoms with Crippen LogP contribution in [0, 0.1) is 6.92 Å². The number of halogens is 2. The molecule has 1 atom stereocenters. The molecule has 2 heterocycles. The molecule has 0 aliphatic carbocycles. The van der Waals surface area contributed by atoms with E-state index in [2.05, 4.69) is 25.6 Å². The number of nitrogens with zero attached hydrogens (tertiary/aromatic N) is 1. The van der Waals surface area contributed by atoms with Gasteiger partial charge in [0.1, 0.15) is 10.0 Å². The molecule has 0 spiro atoms. The highest BCUT2D eigenvalue weighted by Gasteiger charge is 2.23. The Bertz CT molecular complexity index is 731. The van der Waals surface area contributed by atoms with Crippen molar-refractivity contribution in [3.05, 3.63) is 43.8 Å². The lowest BCUT2D eigenvalue weighted by Crippen LogP contribution is -2.26. The van der Waals surface area contributed by atoms with E-state index in [1.54, 1.807) is 18.3 Å². The van der Waals surface area contributed by atoms with Crippen molar-refractivity contribution < 1.29 is 8.42 Å². The fourth-order valence-electron chi connectivity index (χ4n) is 1.63. The molecule has 2 aromatic heterocycles. The molecule has 0 saturated heterocycles. The Morgan fingerprint density at radius 2 is 2.15 bits per heavy atom. The van der Waals surface area contributed by atoms with E-state index in [9.17, 15) is 8.42 Å². The largest absolute Gasteiger partial charge is 0.244 e. The summed E-state index contributed by atoms with van der Waals surface area (Å²) in [5.41, 5.74) is 0. The lowest BCUT2D eigenvalue weighted by atomic mass is 10.3. The maximum Gasteiger partial charge on any atom is 0.244 e. The molecule has 2 rings (SSSR count). The van der Waals surface area contributed by atoms with Crippen molar-refractivity contribution >= 4 is 48.9 Å². The van der Waals surface area contributed by atoms with Crippen LogP contribution in [0.1, 0.15) is 22.7 Å². The molecule has 4 nitrogen and oxygen atoms in total. The monoisotopic (exact) mass is 394 g/mol. The molecular weight excluding hydrogens is 384 g/mol. The molecule has 0 amide bonds. The third kappa shape index (κ3) is 3.59. The smallest absolute Gasteiger partial charge is 0.242 e. The molecule has 0 aliphatic rings. The minimum Gasteiger partial charge on any atom is -0.242 e. The van der Waals surface area contributed by atoms with E-state index in [0.717, 1.165) is 9.75 Å². The number of pyridine rings is 1. The average molecular weight is 396 g/mol. The molecule has 2 aromatic rings. The number of hydrogen-bond acceptors (Lipinski definition) is 4. The van der Waals surface area contributed by atoms with Crippen LogP contribution in [0.5, 0.6) is 0 Å². The fraction of sp³-hybridized carbons (Fsp3) is 0.250. The lowest BCUT2D eigenvalue weighted by Gasteiger charge is -2.13. The van der Waals surface area contributed by atoms with Crippen LogP contribution in [0.25, 0.3) is 0 Å². The minimum atomic E-state index is -3.72. The van der Waals surface area contributed by atoms with E-state index in [1.807, 2.05) is 19.1 Å². The summed E-state index contributed by atoms with van der Waals surface area (Å²) < 4.78 is 27.9. The number of aromatic nitrogens is 1. The van der Waals surface area contributed by atoms with Crippen molar-refractivity contribution in [1.82, 2.24) is 9.71 Å². The molecule has 0 aliphatic heterocycles. The van der Waals surface area contributed by atoms with Crippen molar-refractivity contribution in [1.29, 1.82) is 0 Å². The van der Waals surface area contributed by atoms with Crippen molar-refractivity contribution in [2.45, 2.75) is 24.8 Å². The van der Waals surface area contributed by atoms with Gasteiger partial charge in [-0.15, -0.1) is 11.3 Å². The third-order valence-electron chi connectivity index (χ3n) is 2.58. The molecule has 0 fully saturated rings. The highest BCUT2D eigenvalue weighted by molar-refractivity contribution is 9.10. The Balaban J connectivity index is 2.29. The Morgan fingerprint density at radius 1 is 1.45 bits per heavy atom. The molecule has 8 heteroatoms. The standard InChI is InChI=1S/C12H12BrClN2O2S2/c1-7-3-4-10(19-7)8(2)16-20(17,18)11-5-9(13)6-15-12(11)14/h3-6,8,16H,1-2H3. The zero-order valence-corrected chi connectivity index (χ0v) is 14.7. The van der Waals surface area contributed by atoms with Gasteiger partial charge in [-0.2, -0.15) is 0 Å². The lowest BCUT2D eigenvalue weighted by molar-refractivity contribution is 0.568. The minimum absolute atomic E-state index is 0.0336. The van der Waals surface area contributed by atoms with Crippen LogP contribution in [-0.4, -0.2) is 13.4 Å². The molecule has 0 bridgehead atoms. The van der Waals surface area contributed by atoms with Crippen molar-refractivity contribution in [2.24, 2.45) is 0 Å². The Hall–Kier alpha value is -0.470. The third-order valence-corrected chi connectivity index (χ3v) is 6.17. The first-order chi connectivity index (χ1) is 9.29. The van der Waals surface area contributed by atoms with Crippen LogP contribution in [0.3, 0.4) is 0 Å². The topological polar surface area (TPSA) is 59.1 Å². The molecule has 1 unspecified atom stereocenters. The molecule has 108 valence electrons. The van der Waals surface area contributed by atoms with Crippen LogP contribution in [0.2, 0.25) is 5.15 Å². The predicted octanol–water partition coefficient (Wildman–Crippen LogP) is 3.91. The molecule has 0 saturated carbocycles. The van der Waals surface area contributed by atoms with Gasteiger partial charge >= 0.3 is 0 Å². The Morgan fingerprint density at radius 3 is 2.75 bits per heavy atom. The second-order valence-corrected chi connectivity index (χ2v) is 8.51. The van der Waals surface area contributed by atoms with Gasteiger partial charge in [-0.1, -0.05) is 11.6 Å². The highest BCUT2D eigenvalue weighted by atomic mass is 79.9. The SMILES string of the molecule is Cc1ccc(C(C)NS(=O)(=O)c2cc(Br)cnc2Cl)s1. The van der Waals surface area contributed by atoms with E-state index >= 15 is 0 Å². The number of aryl methyl sites for hydroxylation is 1. The highest BCUT2D eigenvalue weighted by Crippen LogP contribution is 2.27. The number of hydrogen-bond donors (Lipinski definition) is 1. The normalized spacial score (nSPS) is 13.4. The van der Waals surface area contributed by atoms with Crippen LogP contribution >= 0.6 is 38.9 Å². The molecule has 0 radical (unpaired) electrons. The summed E-state index contributed by atoms with van der Waals surface area (Å²) in [6.07, 6.45) is 1.45. The maximum absolute atomic E-state index is 12.3. The van der Waals surface area contributed by atoms with E-state index < -0.39 is 10.0 Å². The summed E-state index contributed by atoms with van der Waals surface area (Å²) in [6.45, 7) is 3.77. The van der Waals surface area contributed by atoms with Gasteiger partial charge in [0.2, 0.25) is 10.0 Å². The zero-order chi connectivity index (χ0) is 14.9. The van der Waals surface area contributed by atoms with Gasteiger partial charge in [-0.25, -0.2) is 18.1 Å². The van der Waals surface area contributed by atoms with Crippen LogP contribution in [0.15, 0.2) is 33.8 Å². The summed E-state index contributed by atoms with van der Waals surface area (Å²) in [5, 5.41) is -0.0461. The van der Waals surface area contributed by atoms with E-state index in [1.165, 1.54) is 12.3 Å². The Kier molecular flexibility index (Phi) is 4.86. The summed E-state index contributed by atoms with van der Waals surface area (Å²) in [7, 11) is -3.72. The van der Waals surface area contributed by atoms with E-state index in [4.69, 9.17) is 11.6 Å². The van der Waals surface area contributed by atoms with Gasteiger partial charge in [0.05, 0.1) is 6.04 Å². The number of sulfonamides is 1. The Labute approximate surface area is 135 Å². The maximum atomic E-state index is 12.3. The van der Waals surface area contributed by atoms with Gasteiger partial charge < -0.3 is 0 Å². The fourth-order valence-corrected chi connectivity index (χ4v) is 4.75. The number of thiophene rings is 1. The zero-order valence-electron chi connectivity index (χ0n) is 10.7. The molecular formula is C12H12BrClN2O2S2. The second kappa shape index (κ2) is 6.11. The summed E-state index contributed by atoms with van der Waals surface area (Å²) in [4.78, 5) is 5.88. The van der Waals surface area contributed by atoms with Crippen LogP contribution in [-0.2, 0) is 10.0 Å². The van der Waals surface area contributed by atoms with Gasteiger partial charge in [0.15, 0.2) is 0 Å². The molecule has 0 aromatic carbocycles. The first kappa shape index (κ1) is 15.9. The quantitative estimate of drug-likeness (QED) is 0.799. The first-order valence-corrected chi connectivity index (χ1v) is 9.16. The van der Waals surface area contributed by atoms with Gasteiger partial charge in [0.25, 0.3) is 0 Å². The van der Waals surface area contributed by atoms with Crippen molar-refractivity contribution in [3.63, 3.8) is 0 Å². The summed E-state index contributed by atoms with van der Waals surface area (Å²) >= 11 is 10.6. The average Bonchev–Trinajstić information content (AvgIpc) is 2.78. The van der Waals surface area contributed by atoms with Crippen LogP contribution < -0.4 is 4.72 Å². The summed E-state index contributed by atoms with van der Waals surface area (Å²) in [6, 6.07) is 4.98. The van der Waals surface area contributed by atoms with Crippen molar-refractivity contribution in [3.8, 4) is 0 Å². The predicted molar refractivity (Wildman–Crippen MR) is 84.7 cm³/mol. The van der Waals surface area contributed by atoms with Crippen molar-refractivity contribution in [2.75, 3.05) is 0 Å². The van der Waals surface area contributed by atoms with E-state index in [-0.39, 0.29) is 16.1 Å².